The quantitative estimate of drug-likeness (QED) is 0.778. The van der Waals surface area contributed by atoms with E-state index in [0.29, 0.717) is 13.0 Å². The second-order valence-corrected chi connectivity index (χ2v) is 4.82. The van der Waals surface area contributed by atoms with Crippen LogP contribution in [-0.4, -0.2) is 18.6 Å². The van der Waals surface area contributed by atoms with Crippen LogP contribution in [0.4, 0.5) is 0 Å². The smallest absolute Gasteiger partial charge is 0.307 e. The zero-order valence-corrected chi connectivity index (χ0v) is 10.9. The first-order valence-corrected chi connectivity index (χ1v) is 6.43. The highest BCUT2D eigenvalue weighted by Gasteiger charge is 2.09. The number of esters is 1. The third kappa shape index (κ3) is 4.33. The Kier molecular flexibility index (Phi) is 5.49. The third-order valence-corrected chi connectivity index (χ3v) is 3.38. The molecule has 0 saturated heterocycles. The molecule has 0 radical (unpaired) electrons. The van der Waals surface area contributed by atoms with Crippen molar-refractivity contribution in [1.29, 1.82) is 0 Å². The summed E-state index contributed by atoms with van der Waals surface area (Å²) in [5.41, 5.74) is 1.31. The molecular formula is C12H19NO2S. The van der Waals surface area contributed by atoms with Gasteiger partial charge in [0.1, 0.15) is 0 Å². The van der Waals surface area contributed by atoms with Crippen molar-refractivity contribution in [3.05, 3.63) is 21.9 Å². The van der Waals surface area contributed by atoms with Gasteiger partial charge in [0.05, 0.1) is 13.0 Å². The lowest BCUT2D eigenvalue weighted by Gasteiger charge is -2.12. The minimum atomic E-state index is -0.134. The molecule has 0 amide bonds. The molecule has 0 saturated carbocycles. The molecule has 0 aliphatic rings. The molecule has 1 unspecified atom stereocenters. The van der Waals surface area contributed by atoms with Gasteiger partial charge in [-0.1, -0.05) is 0 Å². The van der Waals surface area contributed by atoms with Crippen LogP contribution >= 0.6 is 11.3 Å². The van der Waals surface area contributed by atoms with Crippen molar-refractivity contribution in [1.82, 2.24) is 5.32 Å². The lowest BCUT2D eigenvalue weighted by atomic mass is 10.2. The maximum Gasteiger partial charge on any atom is 0.307 e. The number of hydrogen-bond acceptors (Lipinski definition) is 4. The molecule has 1 rings (SSSR count). The fraction of sp³-hybridized carbons (Fsp3) is 0.583. The zero-order valence-electron chi connectivity index (χ0n) is 10.1. The minimum Gasteiger partial charge on any atom is -0.466 e. The van der Waals surface area contributed by atoms with Crippen LogP contribution in [0.25, 0.3) is 0 Å². The van der Waals surface area contributed by atoms with Gasteiger partial charge in [0.15, 0.2) is 0 Å². The fourth-order valence-electron chi connectivity index (χ4n) is 1.39. The van der Waals surface area contributed by atoms with Crippen molar-refractivity contribution >= 4 is 17.3 Å². The summed E-state index contributed by atoms with van der Waals surface area (Å²) >= 11 is 1.74. The van der Waals surface area contributed by atoms with Crippen LogP contribution in [0.3, 0.4) is 0 Å². The molecule has 3 nitrogen and oxygen atoms in total. The van der Waals surface area contributed by atoms with Crippen molar-refractivity contribution in [2.75, 3.05) is 6.61 Å². The number of carbonyl (C=O) groups excluding carboxylic acids is 1. The Morgan fingerprint density at radius 3 is 2.94 bits per heavy atom. The molecule has 1 atom stereocenters. The molecule has 4 heteroatoms. The molecule has 0 fully saturated rings. The van der Waals surface area contributed by atoms with Crippen molar-refractivity contribution in [3.63, 3.8) is 0 Å². The topological polar surface area (TPSA) is 38.3 Å². The molecule has 0 aromatic carbocycles. The summed E-state index contributed by atoms with van der Waals surface area (Å²) < 4.78 is 4.90. The average molecular weight is 241 g/mol. The Morgan fingerprint density at radius 2 is 2.38 bits per heavy atom. The van der Waals surface area contributed by atoms with Crippen LogP contribution in [-0.2, 0) is 16.1 Å². The molecule has 1 heterocycles. The van der Waals surface area contributed by atoms with Crippen molar-refractivity contribution < 1.29 is 9.53 Å². The molecule has 0 aliphatic carbocycles. The number of carbonyl (C=O) groups is 1. The van der Waals surface area contributed by atoms with Gasteiger partial charge in [-0.2, -0.15) is 0 Å². The van der Waals surface area contributed by atoms with E-state index in [4.69, 9.17) is 4.74 Å². The lowest BCUT2D eigenvalue weighted by molar-refractivity contribution is -0.143. The Labute approximate surface area is 101 Å². The molecule has 0 aliphatic heterocycles. The largest absolute Gasteiger partial charge is 0.466 e. The number of hydrogen-bond donors (Lipinski definition) is 1. The van der Waals surface area contributed by atoms with Gasteiger partial charge in [-0.05, 0) is 37.8 Å². The van der Waals surface area contributed by atoms with E-state index in [0.717, 1.165) is 6.54 Å². The molecule has 1 aromatic heterocycles. The highest BCUT2D eigenvalue weighted by atomic mass is 32.1. The van der Waals surface area contributed by atoms with E-state index in [1.54, 1.807) is 11.3 Å². The number of rotatable bonds is 6. The number of aryl methyl sites for hydroxylation is 1. The van der Waals surface area contributed by atoms with E-state index in [1.165, 1.54) is 10.4 Å². The second-order valence-electron chi connectivity index (χ2n) is 3.82. The minimum absolute atomic E-state index is 0.134. The molecule has 0 bridgehead atoms. The molecule has 16 heavy (non-hydrogen) atoms. The van der Waals surface area contributed by atoms with Gasteiger partial charge in [0, 0.05) is 17.5 Å². The van der Waals surface area contributed by atoms with Crippen molar-refractivity contribution in [2.24, 2.45) is 0 Å². The summed E-state index contributed by atoms with van der Waals surface area (Å²) in [7, 11) is 0. The molecule has 0 spiro atoms. The van der Waals surface area contributed by atoms with Gasteiger partial charge in [0.2, 0.25) is 0 Å². The Balaban J connectivity index is 2.27. The predicted molar refractivity (Wildman–Crippen MR) is 66.6 cm³/mol. The molecular weight excluding hydrogens is 222 g/mol. The van der Waals surface area contributed by atoms with Gasteiger partial charge in [-0.15, -0.1) is 11.3 Å². The first-order valence-electron chi connectivity index (χ1n) is 5.55. The van der Waals surface area contributed by atoms with Crippen molar-refractivity contribution in [2.45, 2.75) is 39.8 Å². The fourth-order valence-corrected chi connectivity index (χ4v) is 2.25. The van der Waals surface area contributed by atoms with Crippen LogP contribution in [0.2, 0.25) is 0 Å². The average Bonchev–Trinajstić information content (AvgIpc) is 2.61. The SMILES string of the molecule is CCOC(=O)CC(C)NCc1sccc1C. The Hall–Kier alpha value is -0.870. The van der Waals surface area contributed by atoms with E-state index in [9.17, 15) is 4.79 Å². The predicted octanol–water partition coefficient (Wildman–Crippen LogP) is 2.49. The lowest BCUT2D eigenvalue weighted by Crippen LogP contribution is -2.28. The van der Waals surface area contributed by atoms with Gasteiger partial charge in [-0.25, -0.2) is 0 Å². The zero-order chi connectivity index (χ0) is 12.0. The van der Waals surface area contributed by atoms with Crippen LogP contribution in [0, 0.1) is 6.92 Å². The van der Waals surface area contributed by atoms with Crippen LogP contribution in [0.1, 0.15) is 30.7 Å². The normalized spacial score (nSPS) is 12.4. The number of ether oxygens (including phenoxy) is 1. The Morgan fingerprint density at radius 1 is 1.62 bits per heavy atom. The van der Waals surface area contributed by atoms with Gasteiger partial charge in [0.25, 0.3) is 0 Å². The van der Waals surface area contributed by atoms with E-state index in [1.807, 2.05) is 13.8 Å². The maximum atomic E-state index is 11.2. The standard InChI is InChI=1S/C12H19NO2S/c1-4-15-12(14)7-10(3)13-8-11-9(2)5-6-16-11/h5-6,10,13H,4,7-8H2,1-3H3. The summed E-state index contributed by atoms with van der Waals surface area (Å²) in [6, 6.07) is 2.26. The molecule has 1 aromatic rings. The van der Waals surface area contributed by atoms with E-state index < -0.39 is 0 Å². The Bertz CT molecular complexity index is 336. The maximum absolute atomic E-state index is 11.2. The summed E-state index contributed by atoms with van der Waals surface area (Å²) in [4.78, 5) is 12.6. The van der Waals surface area contributed by atoms with Crippen LogP contribution in [0.15, 0.2) is 11.4 Å². The summed E-state index contributed by atoms with van der Waals surface area (Å²) in [5.74, 6) is -0.134. The first kappa shape index (κ1) is 13.2. The monoisotopic (exact) mass is 241 g/mol. The third-order valence-electron chi connectivity index (χ3n) is 2.36. The number of thiophene rings is 1. The summed E-state index contributed by atoms with van der Waals surface area (Å²) in [5, 5.41) is 5.41. The van der Waals surface area contributed by atoms with Crippen molar-refractivity contribution in [3.8, 4) is 0 Å². The second kappa shape index (κ2) is 6.66. The summed E-state index contributed by atoms with van der Waals surface area (Å²) in [6.45, 7) is 7.20. The number of nitrogens with one attached hydrogen (secondary N) is 1. The summed E-state index contributed by atoms with van der Waals surface area (Å²) in [6.07, 6.45) is 0.429. The highest BCUT2D eigenvalue weighted by molar-refractivity contribution is 7.10. The van der Waals surface area contributed by atoms with Gasteiger partial charge >= 0.3 is 5.97 Å². The van der Waals surface area contributed by atoms with Gasteiger partial charge < -0.3 is 10.1 Å². The molecule has 1 N–H and O–H groups in total. The van der Waals surface area contributed by atoms with Crippen LogP contribution < -0.4 is 5.32 Å². The highest BCUT2D eigenvalue weighted by Crippen LogP contribution is 2.15. The van der Waals surface area contributed by atoms with Crippen LogP contribution in [0.5, 0.6) is 0 Å². The van der Waals surface area contributed by atoms with E-state index >= 15 is 0 Å². The van der Waals surface area contributed by atoms with E-state index in [2.05, 4.69) is 23.7 Å². The van der Waals surface area contributed by atoms with E-state index in [-0.39, 0.29) is 12.0 Å². The van der Waals surface area contributed by atoms with Gasteiger partial charge in [-0.3, -0.25) is 4.79 Å². The first-order chi connectivity index (χ1) is 7.63. The molecule has 90 valence electrons.